The van der Waals surface area contributed by atoms with Crippen LogP contribution in [0.15, 0.2) is 133 Å². The summed E-state index contributed by atoms with van der Waals surface area (Å²) in [6.07, 6.45) is 0. The van der Waals surface area contributed by atoms with Crippen molar-refractivity contribution in [3.63, 3.8) is 0 Å². The summed E-state index contributed by atoms with van der Waals surface area (Å²) < 4.78 is 4.86. The molecule has 0 aliphatic carbocycles. The normalized spacial score (nSPS) is 11.5. The topological polar surface area (TPSA) is 28.7 Å². The lowest BCUT2D eigenvalue weighted by atomic mass is 9.95. The fourth-order valence-electron chi connectivity index (χ4n) is 6.10. The van der Waals surface area contributed by atoms with Crippen LogP contribution in [0.1, 0.15) is 5.56 Å². The van der Waals surface area contributed by atoms with Crippen LogP contribution in [0, 0.1) is 11.3 Å². The Morgan fingerprint density at radius 3 is 1.85 bits per heavy atom. The lowest BCUT2D eigenvalue weighted by Crippen LogP contribution is -2.00. The molecule has 6 aromatic carbocycles. The first-order valence-corrected chi connectivity index (χ1v) is 14.2. The molecule has 0 amide bonds. The molecule has 0 unspecified atom stereocenters. The molecule has 0 aliphatic heterocycles. The van der Waals surface area contributed by atoms with E-state index in [2.05, 4.69) is 132 Å². The van der Waals surface area contributed by atoms with Crippen LogP contribution in [0.2, 0.25) is 0 Å². The Morgan fingerprint density at radius 2 is 1.10 bits per heavy atom. The summed E-state index contributed by atoms with van der Waals surface area (Å²) >= 11 is 1.85. The molecule has 0 saturated heterocycles. The van der Waals surface area contributed by atoms with Gasteiger partial charge in [0.15, 0.2) is 0 Å². The molecule has 186 valence electrons. The molecule has 0 N–H and O–H groups in total. The molecule has 0 radical (unpaired) electrons. The zero-order chi connectivity index (χ0) is 26.6. The average molecular weight is 527 g/mol. The Labute approximate surface area is 235 Å². The van der Waals surface area contributed by atoms with E-state index in [1.165, 1.54) is 42.1 Å². The number of hydrogen-bond acceptors (Lipinski definition) is 2. The van der Waals surface area contributed by atoms with Crippen LogP contribution >= 0.6 is 11.3 Å². The van der Waals surface area contributed by atoms with Crippen LogP contribution in [0.25, 0.3) is 69.9 Å². The third-order valence-corrected chi connectivity index (χ3v) is 9.07. The SMILES string of the molecule is N#Cc1cccc(-c2cccc(-c3cccc4c3sc3ccccc34)c2)c1-n1c2ccccc2c2ccccc21. The van der Waals surface area contributed by atoms with Gasteiger partial charge in [0.2, 0.25) is 0 Å². The molecule has 2 aromatic heterocycles. The van der Waals surface area contributed by atoms with Crippen molar-refractivity contribution in [1.29, 1.82) is 5.26 Å². The summed E-state index contributed by atoms with van der Waals surface area (Å²) in [4.78, 5) is 0. The Bertz CT molecular complexity index is 2240. The average Bonchev–Trinajstić information content (AvgIpc) is 3.57. The van der Waals surface area contributed by atoms with Crippen molar-refractivity contribution in [2.24, 2.45) is 0 Å². The van der Waals surface area contributed by atoms with Crippen molar-refractivity contribution in [2.45, 2.75) is 0 Å². The van der Waals surface area contributed by atoms with Crippen molar-refractivity contribution >= 4 is 53.3 Å². The smallest absolute Gasteiger partial charge is 0.101 e. The minimum atomic E-state index is 0.654. The molecule has 0 atom stereocenters. The number of rotatable bonds is 3. The number of aromatic nitrogens is 1. The molecule has 8 rings (SSSR count). The predicted octanol–water partition coefficient (Wildman–Crippen LogP) is 10.4. The Morgan fingerprint density at radius 1 is 0.525 bits per heavy atom. The number of nitriles is 1. The summed E-state index contributed by atoms with van der Waals surface area (Å²) in [5, 5.41) is 15.2. The number of para-hydroxylation sites is 3. The monoisotopic (exact) mass is 526 g/mol. The molecule has 40 heavy (non-hydrogen) atoms. The van der Waals surface area contributed by atoms with E-state index in [9.17, 15) is 5.26 Å². The van der Waals surface area contributed by atoms with Crippen LogP contribution < -0.4 is 0 Å². The molecule has 8 aromatic rings. The van der Waals surface area contributed by atoms with E-state index in [1.54, 1.807) is 0 Å². The molecule has 0 bridgehead atoms. The van der Waals surface area contributed by atoms with E-state index in [0.717, 1.165) is 27.8 Å². The van der Waals surface area contributed by atoms with Gasteiger partial charge in [0.25, 0.3) is 0 Å². The maximum atomic E-state index is 10.3. The third-order valence-electron chi connectivity index (χ3n) is 7.85. The maximum Gasteiger partial charge on any atom is 0.101 e. The molecule has 3 heteroatoms. The first-order valence-electron chi connectivity index (χ1n) is 13.3. The van der Waals surface area contributed by atoms with E-state index in [4.69, 9.17) is 0 Å². The largest absolute Gasteiger partial charge is 0.307 e. The van der Waals surface area contributed by atoms with Crippen molar-refractivity contribution in [2.75, 3.05) is 0 Å². The zero-order valence-corrected chi connectivity index (χ0v) is 22.3. The van der Waals surface area contributed by atoms with Gasteiger partial charge in [-0.1, -0.05) is 103 Å². The summed E-state index contributed by atoms with van der Waals surface area (Å²) in [5.41, 5.74) is 8.29. The highest BCUT2D eigenvalue weighted by atomic mass is 32.1. The van der Waals surface area contributed by atoms with Gasteiger partial charge in [-0.15, -0.1) is 11.3 Å². The molecule has 0 aliphatic rings. The van der Waals surface area contributed by atoms with Gasteiger partial charge in [0.05, 0.1) is 22.3 Å². The number of thiophene rings is 1. The van der Waals surface area contributed by atoms with Gasteiger partial charge in [-0.25, -0.2) is 0 Å². The van der Waals surface area contributed by atoms with Crippen LogP contribution in [-0.2, 0) is 0 Å². The quantitative estimate of drug-likeness (QED) is 0.225. The summed E-state index contributed by atoms with van der Waals surface area (Å²) in [6, 6.07) is 49.4. The van der Waals surface area contributed by atoms with Crippen molar-refractivity contribution < 1.29 is 0 Å². The van der Waals surface area contributed by atoms with Crippen LogP contribution in [0.5, 0.6) is 0 Å². The van der Waals surface area contributed by atoms with Crippen LogP contribution in [-0.4, -0.2) is 4.57 Å². The molecule has 0 fully saturated rings. The highest BCUT2D eigenvalue weighted by molar-refractivity contribution is 7.26. The van der Waals surface area contributed by atoms with Crippen molar-refractivity contribution in [1.82, 2.24) is 4.57 Å². The molecule has 2 heterocycles. The lowest BCUT2D eigenvalue weighted by molar-refractivity contribution is 1.17. The highest BCUT2D eigenvalue weighted by Gasteiger charge is 2.19. The minimum Gasteiger partial charge on any atom is -0.307 e. The van der Waals surface area contributed by atoms with Gasteiger partial charge < -0.3 is 4.57 Å². The van der Waals surface area contributed by atoms with Crippen LogP contribution in [0.3, 0.4) is 0 Å². The highest BCUT2D eigenvalue weighted by Crippen LogP contribution is 2.42. The van der Waals surface area contributed by atoms with Gasteiger partial charge in [-0.2, -0.15) is 5.26 Å². The molecule has 2 nitrogen and oxygen atoms in total. The number of benzene rings is 6. The first kappa shape index (κ1) is 22.8. The van der Waals surface area contributed by atoms with Gasteiger partial charge in [-0.05, 0) is 47.0 Å². The van der Waals surface area contributed by atoms with E-state index in [0.29, 0.717) is 5.56 Å². The van der Waals surface area contributed by atoms with Crippen molar-refractivity contribution in [3.8, 4) is 34.0 Å². The lowest BCUT2D eigenvalue weighted by Gasteiger charge is -2.16. The second kappa shape index (κ2) is 8.95. The fourth-order valence-corrected chi connectivity index (χ4v) is 7.34. The van der Waals surface area contributed by atoms with E-state index in [1.807, 2.05) is 23.5 Å². The molecular formula is C37H22N2S. The van der Waals surface area contributed by atoms with Crippen LogP contribution in [0.4, 0.5) is 0 Å². The molecule has 0 saturated carbocycles. The first-order chi connectivity index (χ1) is 19.8. The number of nitrogens with zero attached hydrogens (tertiary/aromatic N) is 2. The maximum absolute atomic E-state index is 10.3. The third kappa shape index (κ3) is 3.34. The molecular weight excluding hydrogens is 504 g/mol. The Balaban J connectivity index is 1.39. The van der Waals surface area contributed by atoms with E-state index < -0.39 is 0 Å². The van der Waals surface area contributed by atoms with E-state index in [-0.39, 0.29) is 0 Å². The summed E-state index contributed by atoms with van der Waals surface area (Å²) in [7, 11) is 0. The Kier molecular flexibility index (Phi) is 5.10. The van der Waals surface area contributed by atoms with Crippen molar-refractivity contribution in [3.05, 3.63) is 139 Å². The minimum absolute atomic E-state index is 0.654. The van der Waals surface area contributed by atoms with Gasteiger partial charge in [0.1, 0.15) is 6.07 Å². The second-order valence-corrected chi connectivity index (χ2v) is 11.1. The predicted molar refractivity (Wildman–Crippen MR) is 169 cm³/mol. The second-order valence-electron chi connectivity index (χ2n) is 10.0. The van der Waals surface area contributed by atoms with Gasteiger partial charge in [0, 0.05) is 36.5 Å². The zero-order valence-electron chi connectivity index (χ0n) is 21.5. The standard InChI is InChI=1S/C37H22N2S/c38-23-26-12-8-16-27(36(26)39-33-19-4-1-13-29(33)30-14-2-5-20-34(30)39)24-10-7-11-25(22-24)28-17-9-18-32-31-15-3-6-21-35(31)40-37(28)32/h1-22H. The van der Waals surface area contributed by atoms with Gasteiger partial charge >= 0.3 is 0 Å². The summed E-state index contributed by atoms with van der Waals surface area (Å²) in [6.45, 7) is 0. The Hall–Kier alpha value is -5.17. The fraction of sp³-hybridized carbons (Fsp3) is 0. The summed E-state index contributed by atoms with van der Waals surface area (Å²) in [5.74, 6) is 0. The number of fused-ring (bicyclic) bond motifs is 6. The number of hydrogen-bond donors (Lipinski definition) is 0. The molecule has 0 spiro atoms. The van der Waals surface area contributed by atoms with E-state index >= 15 is 0 Å². The van der Waals surface area contributed by atoms with Gasteiger partial charge in [-0.3, -0.25) is 0 Å².